The molecule has 0 fully saturated rings. The number of fused-ring (bicyclic) bond motifs is 1. The van der Waals surface area contributed by atoms with Gasteiger partial charge < -0.3 is 5.32 Å². The van der Waals surface area contributed by atoms with E-state index in [4.69, 9.17) is 23.2 Å². The van der Waals surface area contributed by atoms with E-state index in [0.29, 0.717) is 20.8 Å². The molecular weight excluding hydrogens is 367 g/mol. The Hall–Kier alpha value is -1.76. The summed E-state index contributed by atoms with van der Waals surface area (Å²) in [6.45, 7) is 3.93. The largest absolute Gasteiger partial charge is 0.325 e. The predicted octanol–water partition coefficient (Wildman–Crippen LogP) is 4.38. The second kappa shape index (κ2) is 7.01. The van der Waals surface area contributed by atoms with Crippen LogP contribution < -0.4 is 5.32 Å². The van der Waals surface area contributed by atoms with Crippen LogP contribution in [-0.4, -0.2) is 26.3 Å². The second-order valence-corrected chi connectivity index (χ2v) is 7.07. The van der Waals surface area contributed by atoms with Crippen molar-refractivity contribution in [1.82, 2.24) is 14.6 Å². The lowest BCUT2D eigenvalue weighted by Crippen LogP contribution is -2.16. The van der Waals surface area contributed by atoms with Crippen LogP contribution in [0.3, 0.4) is 0 Å². The number of hydrogen-bond donors (Lipinski definition) is 1. The van der Waals surface area contributed by atoms with Gasteiger partial charge in [-0.15, -0.1) is 10.2 Å². The fourth-order valence-electron chi connectivity index (χ4n) is 2.32. The molecule has 0 spiro atoms. The first-order valence-corrected chi connectivity index (χ1v) is 8.88. The quantitative estimate of drug-likeness (QED) is 0.682. The SMILES string of the molecule is Cc1cccc(C)c1NC(=O)CSc1nnc2c(Cl)cc(Cl)cn12. The van der Waals surface area contributed by atoms with Crippen molar-refractivity contribution < 1.29 is 4.79 Å². The molecular formula is C16H14Cl2N4OS. The number of benzene rings is 1. The van der Waals surface area contributed by atoms with Crippen LogP contribution in [-0.2, 0) is 4.79 Å². The van der Waals surface area contributed by atoms with Gasteiger partial charge in [-0.05, 0) is 31.0 Å². The zero-order chi connectivity index (χ0) is 17.3. The van der Waals surface area contributed by atoms with Gasteiger partial charge in [0, 0.05) is 11.9 Å². The van der Waals surface area contributed by atoms with Crippen LogP contribution in [0.5, 0.6) is 0 Å². The average molecular weight is 381 g/mol. The minimum Gasteiger partial charge on any atom is -0.325 e. The van der Waals surface area contributed by atoms with E-state index in [1.54, 1.807) is 16.7 Å². The number of halogens is 2. The van der Waals surface area contributed by atoms with Crippen LogP contribution in [0.4, 0.5) is 5.69 Å². The monoisotopic (exact) mass is 380 g/mol. The average Bonchev–Trinajstić information content (AvgIpc) is 2.92. The first kappa shape index (κ1) is 17.1. The molecule has 124 valence electrons. The highest BCUT2D eigenvalue weighted by atomic mass is 35.5. The Labute approximate surface area is 153 Å². The number of rotatable bonds is 4. The van der Waals surface area contributed by atoms with Crippen molar-refractivity contribution in [2.45, 2.75) is 19.0 Å². The second-order valence-electron chi connectivity index (χ2n) is 5.29. The molecule has 1 amide bonds. The zero-order valence-corrected chi connectivity index (χ0v) is 15.3. The number of anilines is 1. The number of para-hydroxylation sites is 1. The van der Waals surface area contributed by atoms with Gasteiger partial charge in [0.05, 0.1) is 15.8 Å². The maximum Gasteiger partial charge on any atom is 0.234 e. The maximum absolute atomic E-state index is 12.2. The Morgan fingerprint density at radius 3 is 2.67 bits per heavy atom. The Kier molecular flexibility index (Phi) is 4.99. The van der Waals surface area contributed by atoms with Gasteiger partial charge in [0.25, 0.3) is 0 Å². The molecule has 0 atom stereocenters. The lowest BCUT2D eigenvalue weighted by atomic mass is 10.1. The number of carbonyl (C=O) groups excluding carboxylic acids is 1. The van der Waals surface area contributed by atoms with Crippen molar-refractivity contribution >= 4 is 52.2 Å². The summed E-state index contributed by atoms with van der Waals surface area (Å²) in [5, 5.41) is 12.5. The van der Waals surface area contributed by atoms with E-state index in [-0.39, 0.29) is 11.7 Å². The zero-order valence-electron chi connectivity index (χ0n) is 13.0. The molecule has 1 aromatic carbocycles. The van der Waals surface area contributed by atoms with Gasteiger partial charge in [0.1, 0.15) is 0 Å². The number of aromatic nitrogens is 3. The number of nitrogens with one attached hydrogen (secondary N) is 1. The number of amides is 1. The standard InChI is InChI=1S/C16H14Cl2N4OS/c1-9-4-3-5-10(2)14(9)19-13(23)8-24-16-21-20-15-12(18)6-11(17)7-22(15)16/h3-7H,8H2,1-2H3,(H,19,23). The number of carbonyl (C=O) groups is 1. The van der Waals surface area contributed by atoms with Gasteiger partial charge in [0.15, 0.2) is 10.8 Å². The summed E-state index contributed by atoms with van der Waals surface area (Å²) >= 11 is 13.4. The first-order chi connectivity index (χ1) is 11.5. The third kappa shape index (κ3) is 3.50. The highest BCUT2D eigenvalue weighted by molar-refractivity contribution is 7.99. The van der Waals surface area contributed by atoms with E-state index in [2.05, 4.69) is 15.5 Å². The summed E-state index contributed by atoms with van der Waals surface area (Å²) in [4.78, 5) is 12.2. The van der Waals surface area contributed by atoms with Crippen LogP contribution in [0.15, 0.2) is 35.6 Å². The molecule has 5 nitrogen and oxygen atoms in total. The molecule has 3 aromatic rings. The summed E-state index contributed by atoms with van der Waals surface area (Å²) in [5.41, 5.74) is 3.42. The summed E-state index contributed by atoms with van der Waals surface area (Å²) in [6.07, 6.45) is 1.68. The van der Waals surface area contributed by atoms with Crippen molar-refractivity contribution in [2.24, 2.45) is 0 Å². The topological polar surface area (TPSA) is 59.3 Å². The van der Waals surface area contributed by atoms with Gasteiger partial charge >= 0.3 is 0 Å². The fraction of sp³-hybridized carbons (Fsp3) is 0.188. The van der Waals surface area contributed by atoms with Crippen LogP contribution >= 0.6 is 35.0 Å². The van der Waals surface area contributed by atoms with Crippen molar-refractivity contribution in [3.8, 4) is 0 Å². The van der Waals surface area contributed by atoms with Crippen molar-refractivity contribution in [3.63, 3.8) is 0 Å². The summed E-state index contributed by atoms with van der Waals surface area (Å²) in [6, 6.07) is 7.50. The summed E-state index contributed by atoms with van der Waals surface area (Å²) in [7, 11) is 0. The number of pyridine rings is 1. The third-order valence-corrected chi connectivity index (χ3v) is 4.90. The number of hydrogen-bond acceptors (Lipinski definition) is 4. The van der Waals surface area contributed by atoms with Crippen molar-refractivity contribution in [2.75, 3.05) is 11.1 Å². The molecule has 0 aliphatic rings. The first-order valence-electron chi connectivity index (χ1n) is 7.14. The molecule has 3 rings (SSSR count). The Bertz CT molecular complexity index is 906. The summed E-state index contributed by atoms with van der Waals surface area (Å²) < 4.78 is 1.68. The Morgan fingerprint density at radius 1 is 1.25 bits per heavy atom. The highest BCUT2D eigenvalue weighted by Crippen LogP contribution is 2.26. The lowest BCUT2D eigenvalue weighted by molar-refractivity contribution is -0.113. The molecule has 2 aromatic heterocycles. The van der Waals surface area contributed by atoms with E-state index in [0.717, 1.165) is 16.8 Å². The highest BCUT2D eigenvalue weighted by Gasteiger charge is 2.13. The van der Waals surface area contributed by atoms with Gasteiger partial charge in [-0.25, -0.2) is 0 Å². The van der Waals surface area contributed by atoms with Gasteiger partial charge in [0.2, 0.25) is 5.91 Å². The van der Waals surface area contributed by atoms with Crippen LogP contribution in [0.1, 0.15) is 11.1 Å². The Morgan fingerprint density at radius 2 is 1.96 bits per heavy atom. The molecule has 24 heavy (non-hydrogen) atoms. The lowest BCUT2D eigenvalue weighted by Gasteiger charge is -2.11. The van der Waals surface area contributed by atoms with Crippen molar-refractivity contribution in [3.05, 3.63) is 51.6 Å². The van der Waals surface area contributed by atoms with E-state index in [1.165, 1.54) is 11.8 Å². The van der Waals surface area contributed by atoms with E-state index < -0.39 is 0 Å². The number of thioether (sulfide) groups is 1. The third-order valence-electron chi connectivity index (χ3n) is 3.47. The van der Waals surface area contributed by atoms with Crippen LogP contribution in [0.2, 0.25) is 10.0 Å². The Balaban J connectivity index is 1.73. The van der Waals surface area contributed by atoms with Gasteiger partial charge in [-0.1, -0.05) is 53.2 Å². The predicted molar refractivity (Wildman–Crippen MR) is 98.3 cm³/mol. The minimum absolute atomic E-state index is 0.109. The minimum atomic E-state index is -0.109. The number of aryl methyl sites for hydroxylation is 2. The smallest absolute Gasteiger partial charge is 0.234 e. The molecule has 0 aliphatic heterocycles. The molecule has 0 saturated carbocycles. The maximum atomic E-state index is 12.2. The molecule has 2 heterocycles. The van der Waals surface area contributed by atoms with Crippen molar-refractivity contribution in [1.29, 1.82) is 0 Å². The van der Waals surface area contributed by atoms with Crippen LogP contribution in [0, 0.1) is 13.8 Å². The molecule has 0 saturated heterocycles. The number of nitrogens with zero attached hydrogens (tertiary/aromatic N) is 3. The van der Waals surface area contributed by atoms with Crippen LogP contribution in [0.25, 0.3) is 5.65 Å². The van der Waals surface area contributed by atoms with Gasteiger partial charge in [-0.2, -0.15) is 0 Å². The van der Waals surface area contributed by atoms with E-state index >= 15 is 0 Å². The fourth-order valence-corrected chi connectivity index (χ4v) is 3.54. The molecule has 0 bridgehead atoms. The van der Waals surface area contributed by atoms with E-state index in [9.17, 15) is 4.79 Å². The van der Waals surface area contributed by atoms with Gasteiger partial charge in [-0.3, -0.25) is 9.20 Å². The molecule has 0 radical (unpaired) electrons. The molecule has 1 N–H and O–H groups in total. The summed E-state index contributed by atoms with van der Waals surface area (Å²) in [5.74, 6) is 0.0980. The molecule has 0 unspecified atom stereocenters. The molecule has 0 aliphatic carbocycles. The van der Waals surface area contributed by atoms with E-state index in [1.807, 2.05) is 32.0 Å². The molecule has 8 heteroatoms. The normalized spacial score (nSPS) is 11.0.